The zero-order valence-corrected chi connectivity index (χ0v) is 17.3. The van der Waals surface area contributed by atoms with Gasteiger partial charge < -0.3 is 30.4 Å². The molecule has 0 aliphatic rings. The van der Waals surface area contributed by atoms with Crippen molar-refractivity contribution in [3.63, 3.8) is 0 Å². The molecular formula is C24H27N3O4. The molecule has 2 aromatic carbocycles. The summed E-state index contributed by atoms with van der Waals surface area (Å²) < 4.78 is 7.23. The predicted molar refractivity (Wildman–Crippen MR) is 118 cm³/mol. The van der Waals surface area contributed by atoms with Gasteiger partial charge in [-0.25, -0.2) is 4.98 Å². The average Bonchev–Trinajstić information content (AvgIpc) is 3.29. The quantitative estimate of drug-likeness (QED) is 0.413. The van der Waals surface area contributed by atoms with Gasteiger partial charge in [0.2, 0.25) is 0 Å². The molecule has 5 N–H and O–H groups in total. The van der Waals surface area contributed by atoms with Gasteiger partial charge in [-0.3, -0.25) is 0 Å². The molecule has 1 aromatic heterocycles. The first-order valence-corrected chi connectivity index (χ1v) is 10.0. The van der Waals surface area contributed by atoms with Gasteiger partial charge in [0, 0.05) is 18.0 Å². The first kappa shape index (κ1) is 22.5. The molecule has 0 saturated heterocycles. The number of aliphatic hydroxyl groups excluding tert-OH is 3. The van der Waals surface area contributed by atoms with Crippen LogP contribution in [0, 0.1) is 11.8 Å². The summed E-state index contributed by atoms with van der Waals surface area (Å²) in [7, 11) is 0. The monoisotopic (exact) mass is 421 g/mol. The maximum absolute atomic E-state index is 9.81. The van der Waals surface area contributed by atoms with E-state index in [0.29, 0.717) is 11.6 Å². The highest BCUT2D eigenvalue weighted by molar-refractivity contribution is 5.65. The number of aliphatic hydroxyl groups is 3. The number of nitrogens with zero attached hydrogens (tertiary/aromatic N) is 2. The van der Waals surface area contributed by atoms with Crippen LogP contribution in [0.1, 0.15) is 30.5 Å². The molecule has 7 heteroatoms. The molecule has 3 rings (SSSR count). The molecule has 0 saturated carbocycles. The minimum absolute atomic E-state index is 0.115. The number of nitrogens with two attached hydrogens (primary N) is 1. The molecule has 0 radical (unpaired) electrons. The average molecular weight is 421 g/mol. The van der Waals surface area contributed by atoms with Crippen LogP contribution >= 0.6 is 0 Å². The molecule has 0 aliphatic carbocycles. The fraction of sp³-hybridized carbons (Fsp3) is 0.292. The summed E-state index contributed by atoms with van der Waals surface area (Å²) in [5.74, 6) is 7.29. The number of hydrogen-bond donors (Lipinski definition) is 4. The zero-order chi connectivity index (χ0) is 22.2. The normalized spacial score (nSPS) is 13.7. The van der Waals surface area contributed by atoms with Gasteiger partial charge in [-0.05, 0) is 42.3 Å². The van der Waals surface area contributed by atoms with Gasteiger partial charge in [-0.1, -0.05) is 36.1 Å². The van der Waals surface area contributed by atoms with Crippen molar-refractivity contribution >= 4 is 0 Å². The topological polar surface area (TPSA) is 114 Å². The minimum atomic E-state index is -0.742. The molecule has 162 valence electrons. The van der Waals surface area contributed by atoms with Crippen molar-refractivity contribution < 1.29 is 20.1 Å². The second-order valence-corrected chi connectivity index (χ2v) is 7.19. The highest BCUT2D eigenvalue weighted by atomic mass is 16.5. The fourth-order valence-corrected chi connectivity index (χ4v) is 3.03. The Morgan fingerprint density at radius 2 is 1.68 bits per heavy atom. The van der Waals surface area contributed by atoms with Gasteiger partial charge in [0.25, 0.3) is 0 Å². The summed E-state index contributed by atoms with van der Waals surface area (Å²) in [6.07, 6.45) is 2.54. The number of ether oxygens (including phenoxy) is 1. The predicted octanol–water partition coefficient (Wildman–Crippen LogP) is 1.89. The first-order chi connectivity index (χ1) is 15.0. The van der Waals surface area contributed by atoms with Crippen molar-refractivity contribution in [1.82, 2.24) is 9.55 Å². The van der Waals surface area contributed by atoms with E-state index in [1.54, 1.807) is 23.9 Å². The summed E-state index contributed by atoms with van der Waals surface area (Å²) in [6, 6.07) is 14.6. The van der Waals surface area contributed by atoms with E-state index in [9.17, 15) is 10.2 Å². The van der Waals surface area contributed by atoms with Gasteiger partial charge in [0.05, 0.1) is 19.3 Å². The number of benzene rings is 2. The van der Waals surface area contributed by atoms with Crippen LogP contribution in [0.2, 0.25) is 0 Å². The Morgan fingerprint density at radius 3 is 2.26 bits per heavy atom. The maximum Gasteiger partial charge on any atom is 0.138 e. The first-order valence-electron chi connectivity index (χ1n) is 10.0. The second-order valence-electron chi connectivity index (χ2n) is 7.19. The number of imidazole rings is 1. The van der Waals surface area contributed by atoms with E-state index in [-0.39, 0.29) is 19.8 Å². The van der Waals surface area contributed by atoms with Crippen LogP contribution in [-0.4, -0.2) is 50.7 Å². The molecule has 0 amide bonds. The van der Waals surface area contributed by atoms with E-state index in [4.69, 9.17) is 15.6 Å². The Labute approximate surface area is 181 Å². The fourth-order valence-electron chi connectivity index (χ4n) is 3.03. The Morgan fingerprint density at radius 1 is 1.03 bits per heavy atom. The van der Waals surface area contributed by atoms with Crippen LogP contribution in [-0.2, 0) is 0 Å². The Balaban J connectivity index is 1.68. The standard InChI is InChI=1S/C24H27N3O4/c1-17(30)24-26-12-13-27(24)22(15-29)9-4-18-2-5-19(6-3-18)20-7-10-23(11-8-20)31-16-21(25)14-28/h2-3,5-8,10-13,17,21-22,28-30H,14-16,25H2,1H3/t17-,21-,22+/m0/s1. The van der Waals surface area contributed by atoms with E-state index in [1.807, 2.05) is 48.5 Å². The molecule has 3 atom stereocenters. The van der Waals surface area contributed by atoms with Gasteiger partial charge in [0.15, 0.2) is 0 Å². The van der Waals surface area contributed by atoms with Crippen LogP contribution in [0.25, 0.3) is 11.1 Å². The zero-order valence-electron chi connectivity index (χ0n) is 17.3. The highest BCUT2D eigenvalue weighted by Gasteiger charge is 2.14. The third kappa shape index (κ3) is 5.94. The third-order valence-electron chi connectivity index (χ3n) is 4.74. The largest absolute Gasteiger partial charge is 0.492 e. The van der Waals surface area contributed by atoms with Gasteiger partial charge >= 0.3 is 0 Å². The van der Waals surface area contributed by atoms with Crippen molar-refractivity contribution in [3.8, 4) is 28.7 Å². The van der Waals surface area contributed by atoms with Crippen molar-refractivity contribution in [1.29, 1.82) is 0 Å². The van der Waals surface area contributed by atoms with Crippen LogP contribution in [0.4, 0.5) is 0 Å². The van der Waals surface area contributed by atoms with E-state index in [1.165, 1.54) is 0 Å². The summed E-state index contributed by atoms with van der Waals surface area (Å²) >= 11 is 0. The Bertz CT molecular complexity index is 1020. The second kappa shape index (κ2) is 10.8. The van der Waals surface area contributed by atoms with E-state index in [2.05, 4.69) is 16.8 Å². The van der Waals surface area contributed by atoms with Gasteiger partial charge in [0.1, 0.15) is 30.3 Å². The Kier molecular flexibility index (Phi) is 7.82. The molecule has 0 unspecified atom stereocenters. The van der Waals surface area contributed by atoms with Crippen LogP contribution in [0.3, 0.4) is 0 Å². The number of aromatic nitrogens is 2. The maximum atomic E-state index is 9.81. The van der Waals surface area contributed by atoms with Gasteiger partial charge in [-0.2, -0.15) is 0 Å². The van der Waals surface area contributed by atoms with Gasteiger partial charge in [-0.15, -0.1) is 0 Å². The molecule has 3 aromatic rings. The highest BCUT2D eigenvalue weighted by Crippen LogP contribution is 2.23. The third-order valence-corrected chi connectivity index (χ3v) is 4.74. The lowest BCUT2D eigenvalue weighted by Gasteiger charge is -2.14. The van der Waals surface area contributed by atoms with Crippen molar-refractivity contribution in [3.05, 3.63) is 72.3 Å². The Hall–Kier alpha value is -3.15. The summed E-state index contributed by atoms with van der Waals surface area (Å²) in [5.41, 5.74) is 8.53. The lowest BCUT2D eigenvalue weighted by Crippen LogP contribution is -2.31. The van der Waals surface area contributed by atoms with Crippen LogP contribution < -0.4 is 10.5 Å². The minimum Gasteiger partial charge on any atom is -0.492 e. The van der Waals surface area contributed by atoms with E-state index >= 15 is 0 Å². The molecule has 0 bridgehead atoms. The van der Waals surface area contributed by atoms with E-state index in [0.717, 1.165) is 16.7 Å². The SMILES string of the molecule is C[C@H](O)c1nccn1[C@H](C#Cc1ccc(-c2ccc(OC[C@@H](N)CO)cc2)cc1)CO. The molecule has 31 heavy (non-hydrogen) atoms. The molecule has 7 nitrogen and oxygen atoms in total. The number of hydrogen-bond acceptors (Lipinski definition) is 6. The molecule has 0 fully saturated rings. The van der Waals surface area contributed by atoms with E-state index < -0.39 is 18.2 Å². The van der Waals surface area contributed by atoms with Crippen LogP contribution in [0.15, 0.2) is 60.9 Å². The molecule has 1 heterocycles. The van der Waals surface area contributed by atoms with Crippen molar-refractivity contribution in [2.24, 2.45) is 5.73 Å². The molecular weight excluding hydrogens is 394 g/mol. The van der Waals surface area contributed by atoms with Crippen molar-refractivity contribution in [2.45, 2.75) is 25.1 Å². The lowest BCUT2D eigenvalue weighted by molar-refractivity contribution is 0.176. The summed E-state index contributed by atoms with van der Waals surface area (Å²) in [4.78, 5) is 4.12. The summed E-state index contributed by atoms with van der Waals surface area (Å²) in [6.45, 7) is 1.59. The smallest absolute Gasteiger partial charge is 0.138 e. The lowest BCUT2D eigenvalue weighted by atomic mass is 10.0. The molecule has 0 aliphatic heterocycles. The van der Waals surface area contributed by atoms with Crippen molar-refractivity contribution in [2.75, 3.05) is 19.8 Å². The van der Waals surface area contributed by atoms with Crippen LogP contribution in [0.5, 0.6) is 5.75 Å². The molecule has 0 spiro atoms. The summed E-state index contributed by atoms with van der Waals surface area (Å²) in [5, 5.41) is 28.5. The number of rotatable bonds is 8.